The molecule has 7 heteroatoms. The lowest BCUT2D eigenvalue weighted by atomic mass is 10.1. The van der Waals surface area contributed by atoms with Gasteiger partial charge in [-0.15, -0.1) is 0 Å². The first kappa shape index (κ1) is 12.7. The second-order valence-electron chi connectivity index (χ2n) is 3.90. The maximum atomic E-state index is 13.6. The van der Waals surface area contributed by atoms with Crippen LogP contribution < -0.4 is 5.73 Å². The summed E-state index contributed by atoms with van der Waals surface area (Å²) in [6.45, 7) is 0.0141. The summed E-state index contributed by atoms with van der Waals surface area (Å²) in [5.41, 5.74) is 5.50. The zero-order valence-electron chi connectivity index (χ0n) is 9.71. The molecule has 0 spiro atoms. The molecular formula is C12H10FN3O3. The van der Waals surface area contributed by atoms with E-state index in [2.05, 4.69) is 5.10 Å². The van der Waals surface area contributed by atoms with Crippen molar-refractivity contribution in [2.45, 2.75) is 6.54 Å². The Bertz CT molecular complexity index is 651. The highest BCUT2D eigenvalue weighted by Gasteiger charge is 2.10. The molecule has 0 bridgehead atoms. The summed E-state index contributed by atoms with van der Waals surface area (Å²) in [7, 11) is 0. The van der Waals surface area contributed by atoms with E-state index in [1.54, 1.807) is 0 Å². The van der Waals surface area contributed by atoms with E-state index in [9.17, 15) is 14.0 Å². The number of carboxylic acids is 1. The topological polar surface area (TPSA) is 98.2 Å². The number of nitrogens with two attached hydrogens (primary N) is 1. The minimum Gasteiger partial charge on any atom is -0.478 e. The number of hydrogen-bond donors (Lipinski definition) is 2. The number of hydrogen-bond acceptors (Lipinski definition) is 3. The van der Waals surface area contributed by atoms with E-state index in [0.717, 1.165) is 12.3 Å². The molecular weight excluding hydrogens is 253 g/mol. The molecule has 98 valence electrons. The zero-order chi connectivity index (χ0) is 14.0. The van der Waals surface area contributed by atoms with E-state index >= 15 is 0 Å². The third-order valence-corrected chi connectivity index (χ3v) is 2.54. The predicted molar refractivity (Wildman–Crippen MR) is 63.2 cm³/mol. The molecule has 0 fully saturated rings. The number of carboxylic acid groups (broad SMARTS) is 1. The number of rotatable bonds is 4. The van der Waals surface area contributed by atoms with Crippen LogP contribution in [0.3, 0.4) is 0 Å². The predicted octanol–water partition coefficient (Wildman–Crippen LogP) is 0.868. The molecule has 0 radical (unpaired) electrons. The smallest absolute Gasteiger partial charge is 0.338 e. The molecule has 0 atom stereocenters. The van der Waals surface area contributed by atoms with Gasteiger partial charge in [-0.3, -0.25) is 9.48 Å². The van der Waals surface area contributed by atoms with E-state index in [4.69, 9.17) is 10.8 Å². The number of benzene rings is 1. The highest BCUT2D eigenvalue weighted by molar-refractivity contribution is 5.92. The minimum absolute atomic E-state index is 0.00599. The molecule has 2 aromatic rings. The Balaban J connectivity index is 2.29. The van der Waals surface area contributed by atoms with E-state index in [1.807, 2.05) is 0 Å². The van der Waals surface area contributed by atoms with Crippen LogP contribution in [-0.4, -0.2) is 26.8 Å². The molecule has 1 aromatic carbocycles. The minimum atomic E-state index is -1.11. The van der Waals surface area contributed by atoms with Gasteiger partial charge in [-0.25, -0.2) is 9.18 Å². The van der Waals surface area contributed by atoms with Crippen molar-refractivity contribution < 1.29 is 19.1 Å². The summed E-state index contributed by atoms with van der Waals surface area (Å²) in [4.78, 5) is 21.7. The molecule has 0 aliphatic heterocycles. The van der Waals surface area contributed by atoms with E-state index in [1.165, 1.54) is 23.0 Å². The number of amides is 1. The molecule has 6 nitrogen and oxygen atoms in total. The zero-order valence-corrected chi connectivity index (χ0v) is 9.71. The SMILES string of the molecule is NC(=O)c1ccc(F)c(Cn2cc(C(=O)O)cn2)c1. The summed E-state index contributed by atoms with van der Waals surface area (Å²) >= 11 is 0. The molecule has 19 heavy (non-hydrogen) atoms. The summed E-state index contributed by atoms with van der Waals surface area (Å²) in [6, 6.07) is 3.74. The Morgan fingerprint density at radius 1 is 1.37 bits per heavy atom. The standard InChI is InChI=1S/C12H10FN3O3/c13-10-2-1-7(11(14)17)3-8(10)5-16-6-9(4-15-16)12(18)19/h1-4,6H,5H2,(H2,14,17)(H,18,19). The van der Waals surface area contributed by atoms with Crippen LogP contribution in [0, 0.1) is 5.82 Å². The quantitative estimate of drug-likeness (QED) is 0.854. The number of carbonyl (C=O) groups excluding carboxylic acids is 1. The van der Waals surface area contributed by atoms with Gasteiger partial charge in [0.2, 0.25) is 5.91 Å². The van der Waals surface area contributed by atoms with Gasteiger partial charge in [0.1, 0.15) is 5.82 Å². The number of aromatic nitrogens is 2. The van der Waals surface area contributed by atoms with Gasteiger partial charge >= 0.3 is 5.97 Å². The Morgan fingerprint density at radius 3 is 2.68 bits per heavy atom. The Morgan fingerprint density at radius 2 is 2.11 bits per heavy atom. The van der Waals surface area contributed by atoms with Gasteiger partial charge in [-0.2, -0.15) is 5.10 Å². The molecule has 2 rings (SSSR count). The number of halogens is 1. The maximum Gasteiger partial charge on any atom is 0.338 e. The van der Waals surface area contributed by atoms with Crippen molar-refractivity contribution in [2.75, 3.05) is 0 Å². The van der Waals surface area contributed by atoms with E-state index in [0.29, 0.717) is 0 Å². The summed E-state index contributed by atoms with van der Waals surface area (Å²) in [5.74, 6) is -2.29. The number of carbonyl (C=O) groups is 2. The Hall–Kier alpha value is -2.70. The van der Waals surface area contributed by atoms with Crippen molar-refractivity contribution in [1.29, 1.82) is 0 Å². The first-order chi connectivity index (χ1) is 8.97. The van der Waals surface area contributed by atoms with Crippen LogP contribution in [0.5, 0.6) is 0 Å². The van der Waals surface area contributed by atoms with Crippen LogP contribution in [0.2, 0.25) is 0 Å². The second-order valence-corrected chi connectivity index (χ2v) is 3.90. The van der Waals surface area contributed by atoms with Crippen LogP contribution in [0.4, 0.5) is 4.39 Å². The van der Waals surface area contributed by atoms with Gasteiger partial charge < -0.3 is 10.8 Å². The van der Waals surface area contributed by atoms with Crippen molar-refractivity contribution in [1.82, 2.24) is 9.78 Å². The molecule has 3 N–H and O–H groups in total. The van der Waals surface area contributed by atoms with Gasteiger partial charge in [-0.05, 0) is 18.2 Å². The van der Waals surface area contributed by atoms with Gasteiger partial charge in [0.25, 0.3) is 0 Å². The molecule has 1 heterocycles. The fourth-order valence-corrected chi connectivity index (χ4v) is 1.58. The third kappa shape index (κ3) is 2.76. The molecule has 0 saturated heterocycles. The fourth-order valence-electron chi connectivity index (χ4n) is 1.58. The first-order valence-electron chi connectivity index (χ1n) is 5.31. The lowest BCUT2D eigenvalue weighted by Gasteiger charge is -2.05. The average molecular weight is 263 g/mol. The van der Waals surface area contributed by atoms with Crippen LogP contribution in [0.1, 0.15) is 26.3 Å². The van der Waals surface area contributed by atoms with Crippen LogP contribution in [0.15, 0.2) is 30.6 Å². The lowest BCUT2D eigenvalue weighted by molar-refractivity contribution is 0.0696. The molecule has 0 saturated carbocycles. The van der Waals surface area contributed by atoms with E-state index in [-0.39, 0.29) is 23.2 Å². The Labute approximate surface area is 107 Å². The number of aromatic carboxylic acids is 1. The maximum absolute atomic E-state index is 13.6. The molecule has 1 amide bonds. The number of nitrogens with zero attached hydrogens (tertiary/aromatic N) is 2. The van der Waals surface area contributed by atoms with Gasteiger partial charge in [-0.1, -0.05) is 0 Å². The largest absolute Gasteiger partial charge is 0.478 e. The second kappa shape index (κ2) is 4.89. The normalized spacial score (nSPS) is 10.4. The summed E-state index contributed by atoms with van der Waals surface area (Å²) in [5, 5.41) is 12.5. The van der Waals surface area contributed by atoms with Crippen molar-refractivity contribution in [3.63, 3.8) is 0 Å². The molecule has 0 aliphatic rings. The molecule has 0 aliphatic carbocycles. The molecule has 1 aromatic heterocycles. The van der Waals surface area contributed by atoms with Gasteiger partial charge in [0.05, 0.1) is 18.3 Å². The van der Waals surface area contributed by atoms with Gasteiger partial charge in [0, 0.05) is 17.3 Å². The van der Waals surface area contributed by atoms with Crippen LogP contribution in [0.25, 0.3) is 0 Å². The highest BCUT2D eigenvalue weighted by atomic mass is 19.1. The van der Waals surface area contributed by atoms with Crippen molar-refractivity contribution in [3.8, 4) is 0 Å². The van der Waals surface area contributed by atoms with Crippen molar-refractivity contribution in [2.24, 2.45) is 5.73 Å². The summed E-state index contributed by atoms with van der Waals surface area (Å²) in [6.07, 6.45) is 2.44. The third-order valence-electron chi connectivity index (χ3n) is 2.54. The van der Waals surface area contributed by atoms with Crippen LogP contribution >= 0.6 is 0 Å². The lowest BCUT2D eigenvalue weighted by Crippen LogP contribution is -2.12. The van der Waals surface area contributed by atoms with Gasteiger partial charge in [0.15, 0.2) is 0 Å². The molecule has 0 unspecified atom stereocenters. The number of primary amides is 1. The van der Waals surface area contributed by atoms with E-state index < -0.39 is 17.7 Å². The monoisotopic (exact) mass is 263 g/mol. The van der Waals surface area contributed by atoms with Crippen LogP contribution in [-0.2, 0) is 6.54 Å². The first-order valence-corrected chi connectivity index (χ1v) is 5.31. The van der Waals surface area contributed by atoms with Crippen molar-refractivity contribution in [3.05, 3.63) is 53.1 Å². The highest BCUT2D eigenvalue weighted by Crippen LogP contribution is 2.12. The fraction of sp³-hybridized carbons (Fsp3) is 0.0833. The Kier molecular flexibility index (Phi) is 3.28. The average Bonchev–Trinajstić information content (AvgIpc) is 2.80. The summed E-state index contributed by atoms with van der Waals surface area (Å²) < 4.78 is 14.8. The van der Waals surface area contributed by atoms with Crippen molar-refractivity contribution >= 4 is 11.9 Å².